The van der Waals surface area contributed by atoms with Gasteiger partial charge in [0, 0.05) is 6.04 Å². The normalized spacial score (nSPS) is 12.1. The topological polar surface area (TPSA) is 77.2 Å². The third-order valence-corrected chi connectivity index (χ3v) is 4.41. The van der Waals surface area contributed by atoms with Crippen molar-refractivity contribution in [2.75, 3.05) is 11.9 Å². The van der Waals surface area contributed by atoms with E-state index in [1.54, 1.807) is 20.8 Å². The van der Waals surface area contributed by atoms with Gasteiger partial charge in [0.2, 0.25) is 5.71 Å². The van der Waals surface area contributed by atoms with Gasteiger partial charge < -0.3 is 14.5 Å². The molecule has 0 fully saturated rings. The monoisotopic (exact) mass is 367 g/mol. The molecule has 6 nitrogen and oxygen atoms in total. The molecule has 6 heteroatoms. The van der Waals surface area contributed by atoms with Gasteiger partial charge in [-0.1, -0.05) is 30.3 Å². The Morgan fingerprint density at radius 2 is 1.96 bits per heavy atom. The van der Waals surface area contributed by atoms with Crippen LogP contribution < -0.4 is 5.32 Å². The second-order valence-corrected chi connectivity index (χ2v) is 6.62. The summed E-state index contributed by atoms with van der Waals surface area (Å²) in [6.45, 7) is 7.73. The summed E-state index contributed by atoms with van der Waals surface area (Å²) >= 11 is 0. The zero-order valence-electron chi connectivity index (χ0n) is 16.2. The number of benzene rings is 1. The molecule has 27 heavy (non-hydrogen) atoms. The predicted octanol–water partition coefficient (Wildman–Crippen LogP) is 4.45. The van der Waals surface area contributed by atoms with Crippen molar-refractivity contribution in [2.24, 2.45) is 0 Å². The number of furan rings is 1. The Morgan fingerprint density at radius 3 is 2.67 bits per heavy atom. The van der Waals surface area contributed by atoms with Gasteiger partial charge in [-0.25, -0.2) is 9.78 Å². The average molecular weight is 367 g/mol. The van der Waals surface area contributed by atoms with Gasteiger partial charge in [-0.2, -0.15) is 4.98 Å². The summed E-state index contributed by atoms with van der Waals surface area (Å²) in [4.78, 5) is 21.3. The number of anilines is 1. The van der Waals surface area contributed by atoms with Crippen molar-refractivity contribution < 1.29 is 13.9 Å². The van der Waals surface area contributed by atoms with Gasteiger partial charge >= 0.3 is 5.97 Å². The summed E-state index contributed by atoms with van der Waals surface area (Å²) in [5.41, 5.74) is 2.09. The molecule has 142 valence electrons. The number of aryl methyl sites for hydroxylation is 3. The summed E-state index contributed by atoms with van der Waals surface area (Å²) in [6.07, 6.45) is 1.89. The van der Waals surface area contributed by atoms with Crippen LogP contribution in [-0.2, 0) is 11.2 Å². The Morgan fingerprint density at radius 1 is 1.22 bits per heavy atom. The van der Waals surface area contributed by atoms with Gasteiger partial charge in [-0.05, 0) is 46.1 Å². The molecule has 3 rings (SSSR count). The lowest BCUT2D eigenvalue weighted by Gasteiger charge is -2.16. The number of nitrogens with zero attached hydrogens (tertiary/aromatic N) is 2. The second-order valence-electron chi connectivity index (χ2n) is 6.62. The number of hydrogen-bond acceptors (Lipinski definition) is 6. The molecule has 3 aromatic rings. The van der Waals surface area contributed by atoms with Crippen LogP contribution in [0.3, 0.4) is 0 Å². The zero-order chi connectivity index (χ0) is 19.4. The Bertz CT molecular complexity index is 935. The highest BCUT2D eigenvalue weighted by molar-refractivity contribution is 6.07. The van der Waals surface area contributed by atoms with Crippen molar-refractivity contribution in [3.63, 3.8) is 0 Å². The molecule has 0 unspecified atom stereocenters. The van der Waals surface area contributed by atoms with E-state index in [-0.39, 0.29) is 6.04 Å². The van der Waals surface area contributed by atoms with E-state index in [0.29, 0.717) is 40.7 Å². The number of nitrogens with one attached hydrogen (secondary N) is 1. The minimum Gasteiger partial charge on any atom is -0.462 e. The highest BCUT2D eigenvalue weighted by Crippen LogP contribution is 2.31. The maximum absolute atomic E-state index is 12.4. The molecule has 1 N–H and O–H groups in total. The number of carbonyl (C=O) groups excluding carboxylic acids is 1. The fourth-order valence-corrected chi connectivity index (χ4v) is 3.11. The molecular formula is C21H25N3O3. The fraction of sp³-hybridized carbons (Fsp3) is 0.381. The van der Waals surface area contributed by atoms with Crippen LogP contribution in [-0.4, -0.2) is 28.6 Å². The lowest BCUT2D eigenvalue weighted by atomic mass is 10.1. The molecule has 2 heterocycles. The van der Waals surface area contributed by atoms with Gasteiger partial charge in [0.25, 0.3) is 0 Å². The van der Waals surface area contributed by atoms with E-state index in [1.165, 1.54) is 5.56 Å². The first-order valence-corrected chi connectivity index (χ1v) is 9.25. The van der Waals surface area contributed by atoms with Crippen molar-refractivity contribution in [1.29, 1.82) is 0 Å². The number of rotatable bonds is 7. The van der Waals surface area contributed by atoms with Crippen LogP contribution in [0.4, 0.5) is 5.82 Å². The first kappa shape index (κ1) is 18.9. The Labute approximate surface area is 159 Å². The quantitative estimate of drug-likeness (QED) is 0.622. The van der Waals surface area contributed by atoms with Crippen LogP contribution in [0.1, 0.15) is 47.8 Å². The lowest BCUT2D eigenvalue weighted by Crippen LogP contribution is -2.18. The summed E-state index contributed by atoms with van der Waals surface area (Å²) in [5, 5.41) is 4.01. The maximum atomic E-state index is 12.4. The summed E-state index contributed by atoms with van der Waals surface area (Å²) in [7, 11) is 0. The molecule has 1 atom stereocenters. The first-order chi connectivity index (χ1) is 13.0. The van der Waals surface area contributed by atoms with Crippen LogP contribution in [0.2, 0.25) is 0 Å². The summed E-state index contributed by atoms with van der Waals surface area (Å²) in [6, 6.07) is 10.5. The Hall–Kier alpha value is -2.89. The molecule has 2 aromatic heterocycles. The molecule has 0 bridgehead atoms. The van der Waals surface area contributed by atoms with E-state index in [9.17, 15) is 4.79 Å². The summed E-state index contributed by atoms with van der Waals surface area (Å²) < 4.78 is 10.9. The molecule has 0 amide bonds. The molecule has 0 spiro atoms. The van der Waals surface area contributed by atoms with Gasteiger partial charge in [-0.15, -0.1) is 0 Å². The van der Waals surface area contributed by atoms with Crippen molar-refractivity contribution >= 4 is 22.9 Å². The van der Waals surface area contributed by atoms with E-state index in [2.05, 4.69) is 34.3 Å². The van der Waals surface area contributed by atoms with Crippen molar-refractivity contribution in [1.82, 2.24) is 9.97 Å². The molecule has 0 aliphatic heterocycles. The van der Waals surface area contributed by atoms with Gasteiger partial charge in [0.1, 0.15) is 23.0 Å². The van der Waals surface area contributed by atoms with Crippen molar-refractivity contribution in [3.8, 4) is 0 Å². The average Bonchev–Trinajstić information content (AvgIpc) is 2.97. The van der Waals surface area contributed by atoms with E-state index in [0.717, 1.165) is 12.8 Å². The molecular weight excluding hydrogens is 342 g/mol. The number of fused-ring (bicyclic) bond motifs is 1. The van der Waals surface area contributed by atoms with Crippen LogP contribution in [0.25, 0.3) is 11.1 Å². The van der Waals surface area contributed by atoms with Crippen LogP contribution in [0.15, 0.2) is 34.7 Å². The minimum absolute atomic E-state index is 0.160. The molecule has 0 radical (unpaired) electrons. The van der Waals surface area contributed by atoms with Crippen LogP contribution in [0, 0.1) is 13.8 Å². The summed E-state index contributed by atoms with van der Waals surface area (Å²) in [5.74, 6) is 1.27. The highest BCUT2D eigenvalue weighted by Gasteiger charge is 2.24. The minimum atomic E-state index is -0.416. The van der Waals surface area contributed by atoms with E-state index >= 15 is 0 Å². The molecule has 0 saturated heterocycles. The molecule has 0 saturated carbocycles. The van der Waals surface area contributed by atoms with Gasteiger partial charge in [-0.3, -0.25) is 0 Å². The molecule has 1 aromatic carbocycles. The number of esters is 1. The number of aromatic nitrogens is 2. The van der Waals surface area contributed by atoms with E-state index in [1.807, 2.05) is 18.2 Å². The number of ether oxygens (including phenoxy) is 1. The smallest absolute Gasteiger partial charge is 0.342 e. The van der Waals surface area contributed by atoms with Crippen molar-refractivity contribution in [2.45, 2.75) is 46.6 Å². The van der Waals surface area contributed by atoms with Gasteiger partial charge in [0.05, 0.1) is 12.0 Å². The zero-order valence-corrected chi connectivity index (χ0v) is 16.2. The SMILES string of the molecule is CCOC(=O)c1c(C)oc2nc(C)nc(N[C@H](C)CCc3ccccc3)c12. The lowest BCUT2D eigenvalue weighted by molar-refractivity contribution is 0.0526. The molecule has 0 aliphatic carbocycles. The van der Waals surface area contributed by atoms with Gasteiger partial charge in [0.15, 0.2) is 0 Å². The largest absolute Gasteiger partial charge is 0.462 e. The third kappa shape index (κ3) is 4.27. The number of carbonyl (C=O) groups is 1. The first-order valence-electron chi connectivity index (χ1n) is 9.25. The number of hydrogen-bond donors (Lipinski definition) is 1. The third-order valence-electron chi connectivity index (χ3n) is 4.41. The fourth-order valence-electron chi connectivity index (χ4n) is 3.11. The Kier molecular flexibility index (Phi) is 5.74. The predicted molar refractivity (Wildman–Crippen MR) is 105 cm³/mol. The van der Waals surface area contributed by atoms with Crippen LogP contribution >= 0.6 is 0 Å². The van der Waals surface area contributed by atoms with Crippen molar-refractivity contribution in [3.05, 3.63) is 53.0 Å². The standard InChI is InChI=1S/C21H25N3O3/c1-5-26-21(25)17-14(3)27-20-18(17)19(23-15(4)24-20)22-13(2)11-12-16-9-7-6-8-10-16/h6-10,13H,5,11-12H2,1-4H3,(H,22,23,24)/t13-/m1/s1. The van der Waals surface area contributed by atoms with E-state index in [4.69, 9.17) is 9.15 Å². The molecule has 0 aliphatic rings. The van der Waals surface area contributed by atoms with E-state index < -0.39 is 5.97 Å². The highest BCUT2D eigenvalue weighted by atomic mass is 16.5. The maximum Gasteiger partial charge on any atom is 0.342 e. The second kappa shape index (κ2) is 8.20. The van der Waals surface area contributed by atoms with Crippen LogP contribution in [0.5, 0.6) is 0 Å². The Balaban J connectivity index is 1.87.